The molecule has 0 fully saturated rings. The minimum atomic E-state index is 0.155. The molecule has 0 saturated carbocycles. The quantitative estimate of drug-likeness (QED) is 0.600. The highest BCUT2D eigenvalue weighted by molar-refractivity contribution is 5.77. The van der Waals surface area contributed by atoms with Gasteiger partial charge in [0.15, 0.2) is 0 Å². The van der Waals surface area contributed by atoms with Crippen molar-refractivity contribution in [3.05, 3.63) is 72.6 Å². The number of H-pyrrole nitrogens is 1. The highest BCUT2D eigenvalue weighted by atomic mass is 15.3. The molecule has 0 bridgehead atoms. The van der Waals surface area contributed by atoms with Gasteiger partial charge in [0.1, 0.15) is 0 Å². The van der Waals surface area contributed by atoms with Gasteiger partial charge in [-0.05, 0) is 42.8 Å². The molecule has 23 heavy (non-hydrogen) atoms. The first-order chi connectivity index (χ1) is 11.3. The van der Waals surface area contributed by atoms with E-state index in [-0.39, 0.29) is 6.04 Å². The molecule has 5 nitrogen and oxygen atoms in total. The maximum Gasteiger partial charge on any atom is 0.201 e. The van der Waals surface area contributed by atoms with E-state index in [1.165, 1.54) is 5.56 Å². The van der Waals surface area contributed by atoms with E-state index in [0.717, 1.165) is 22.7 Å². The first-order valence-electron chi connectivity index (χ1n) is 7.61. The second-order valence-corrected chi connectivity index (χ2v) is 5.51. The molecule has 114 valence electrons. The van der Waals surface area contributed by atoms with Crippen LogP contribution in [0.5, 0.6) is 0 Å². The van der Waals surface area contributed by atoms with Crippen LogP contribution in [0.3, 0.4) is 0 Å². The van der Waals surface area contributed by atoms with Gasteiger partial charge >= 0.3 is 0 Å². The molecule has 0 spiro atoms. The Labute approximate surface area is 134 Å². The summed E-state index contributed by atoms with van der Waals surface area (Å²) >= 11 is 0. The minimum absolute atomic E-state index is 0.155. The first-order valence-corrected chi connectivity index (χ1v) is 7.61. The molecule has 1 unspecified atom stereocenters. The molecule has 0 aliphatic rings. The Bertz CT molecular complexity index is 873. The lowest BCUT2D eigenvalue weighted by molar-refractivity contribution is 0.856. The number of rotatable bonds is 4. The predicted molar refractivity (Wildman–Crippen MR) is 91.7 cm³/mol. The number of benzene rings is 2. The highest BCUT2D eigenvalue weighted by Crippen LogP contribution is 2.21. The summed E-state index contributed by atoms with van der Waals surface area (Å²) in [6.07, 6.45) is 3.71. The fourth-order valence-electron chi connectivity index (χ4n) is 2.65. The van der Waals surface area contributed by atoms with E-state index in [9.17, 15) is 0 Å². The van der Waals surface area contributed by atoms with Crippen LogP contribution in [0.4, 0.5) is 5.95 Å². The maximum atomic E-state index is 4.56. The third kappa shape index (κ3) is 2.68. The molecule has 0 saturated heterocycles. The zero-order chi connectivity index (χ0) is 15.6. The second-order valence-electron chi connectivity index (χ2n) is 5.51. The van der Waals surface area contributed by atoms with Crippen LogP contribution < -0.4 is 5.32 Å². The lowest BCUT2D eigenvalue weighted by Gasteiger charge is -2.14. The molecule has 0 radical (unpaired) electrons. The van der Waals surface area contributed by atoms with Crippen LogP contribution in [0.1, 0.15) is 18.5 Å². The summed E-state index contributed by atoms with van der Waals surface area (Å²) in [5.41, 5.74) is 4.25. The number of anilines is 1. The van der Waals surface area contributed by atoms with E-state index in [4.69, 9.17) is 0 Å². The SMILES string of the molecule is CC(Nc1nc2ccccc2[nH]1)c1ccc(-n2cccn2)cc1. The lowest BCUT2D eigenvalue weighted by atomic mass is 10.1. The summed E-state index contributed by atoms with van der Waals surface area (Å²) in [6.45, 7) is 2.12. The molecule has 5 heteroatoms. The number of imidazole rings is 1. The van der Waals surface area contributed by atoms with Gasteiger partial charge in [0.05, 0.1) is 22.8 Å². The van der Waals surface area contributed by atoms with Crippen molar-refractivity contribution >= 4 is 17.0 Å². The van der Waals surface area contributed by atoms with Gasteiger partial charge in [-0.25, -0.2) is 9.67 Å². The summed E-state index contributed by atoms with van der Waals surface area (Å²) < 4.78 is 1.85. The van der Waals surface area contributed by atoms with Gasteiger partial charge in [-0.15, -0.1) is 0 Å². The number of hydrogen-bond acceptors (Lipinski definition) is 3. The van der Waals surface area contributed by atoms with Crippen molar-refractivity contribution in [2.75, 3.05) is 5.32 Å². The van der Waals surface area contributed by atoms with Crippen LogP contribution in [-0.4, -0.2) is 19.7 Å². The molecule has 2 aromatic carbocycles. The number of nitrogens with one attached hydrogen (secondary N) is 2. The lowest BCUT2D eigenvalue weighted by Crippen LogP contribution is -2.08. The van der Waals surface area contributed by atoms with Gasteiger partial charge < -0.3 is 10.3 Å². The minimum Gasteiger partial charge on any atom is -0.349 e. The molecule has 2 aromatic heterocycles. The van der Waals surface area contributed by atoms with Crippen molar-refractivity contribution in [3.63, 3.8) is 0 Å². The van der Waals surface area contributed by atoms with Crippen LogP contribution in [0.15, 0.2) is 67.0 Å². The first kappa shape index (κ1) is 13.6. The third-order valence-electron chi connectivity index (χ3n) is 3.90. The molecular formula is C18H17N5. The molecule has 1 atom stereocenters. The Morgan fingerprint density at radius 3 is 2.61 bits per heavy atom. The van der Waals surface area contributed by atoms with E-state index >= 15 is 0 Å². The number of para-hydroxylation sites is 2. The van der Waals surface area contributed by atoms with Crippen molar-refractivity contribution in [3.8, 4) is 5.69 Å². The van der Waals surface area contributed by atoms with E-state index in [0.29, 0.717) is 0 Å². The summed E-state index contributed by atoms with van der Waals surface area (Å²) in [4.78, 5) is 7.85. The fourth-order valence-corrected chi connectivity index (χ4v) is 2.65. The van der Waals surface area contributed by atoms with Crippen molar-refractivity contribution in [2.24, 2.45) is 0 Å². The highest BCUT2D eigenvalue weighted by Gasteiger charge is 2.08. The Balaban J connectivity index is 1.53. The van der Waals surface area contributed by atoms with Crippen molar-refractivity contribution < 1.29 is 0 Å². The number of nitrogens with zero attached hydrogens (tertiary/aromatic N) is 3. The molecule has 2 heterocycles. The average Bonchev–Trinajstić information content (AvgIpc) is 3.24. The molecule has 2 N–H and O–H groups in total. The zero-order valence-corrected chi connectivity index (χ0v) is 12.8. The molecular weight excluding hydrogens is 286 g/mol. The van der Waals surface area contributed by atoms with Crippen LogP contribution in [0.2, 0.25) is 0 Å². The summed E-state index contributed by atoms with van der Waals surface area (Å²) in [5.74, 6) is 0.787. The van der Waals surface area contributed by atoms with E-state index in [1.807, 2.05) is 41.2 Å². The monoisotopic (exact) mass is 303 g/mol. The Morgan fingerprint density at radius 1 is 1.04 bits per heavy atom. The summed E-state index contributed by atoms with van der Waals surface area (Å²) in [7, 11) is 0. The average molecular weight is 303 g/mol. The Kier molecular flexibility index (Phi) is 3.31. The van der Waals surface area contributed by atoms with Crippen LogP contribution in [0.25, 0.3) is 16.7 Å². The predicted octanol–water partition coefficient (Wildman–Crippen LogP) is 3.92. The molecule has 0 aliphatic heterocycles. The van der Waals surface area contributed by atoms with Crippen LogP contribution in [-0.2, 0) is 0 Å². The van der Waals surface area contributed by atoms with Gasteiger partial charge in [-0.3, -0.25) is 0 Å². The number of aromatic nitrogens is 4. The van der Waals surface area contributed by atoms with E-state index in [1.54, 1.807) is 6.20 Å². The van der Waals surface area contributed by atoms with Gasteiger partial charge in [-0.1, -0.05) is 24.3 Å². The zero-order valence-electron chi connectivity index (χ0n) is 12.8. The molecule has 4 rings (SSSR count). The standard InChI is InChI=1S/C18H17N5/c1-13(20-18-21-16-5-2-3-6-17(16)22-18)14-7-9-15(10-8-14)23-12-4-11-19-23/h2-13H,1H3,(H2,20,21,22). The van der Waals surface area contributed by atoms with E-state index in [2.05, 4.69) is 51.6 Å². The van der Waals surface area contributed by atoms with Gasteiger partial charge in [0, 0.05) is 12.4 Å². The Hall–Kier alpha value is -3.08. The number of aromatic amines is 1. The second kappa shape index (κ2) is 5.61. The third-order valence-corrected chi connectivity index (χ3v) is 3.90. The molecule has 0 aliphatic carbocycles. The Morgan fingerprint density at radius 2 is 1.87 bits per heavy atom. The van der Waals surface area contributed by atoms with Gasteiger partial charge in [0.2, 0.25) is 5.95 Å². The molecule has 0 amide bonds. The van der Waals surface area contributed by atoms with Gasteiger partial charge in [0.25, 0.3) is 0 Å². The van der Waals surface area contributed by atoms with Crippen LogP contribution >= 0.6 is 0 Å². The van der Waals surface area contributed by atoms with Crippen molar-refractivity contribution in [1.29, 1.82) is 0 Å². The van der Waals surface area contributed by atoms with E-state index < -0.39 is 0 Å². The smallest absolute Gasteiger partial charge is 0.201 e. The summed E-state index contributed by atoms with van der Waals surface area (Å²) in [5, 5.41) is 7.65. The van der Waals surface area contributed by atoms with Gasteiger partial charge in [-0.2, -0.15) is 5.10 Å². The largest absolute Gasteiger partial charge is 0.349 e. The topological polar surface area (TPSA) is 58.5 Å². The van der Waals surface area contributed by atoms with Crippen molar-refractivity contribution in [2.45, 2.75) is 13.0 Å². The molecule has 4 aromatic rings. The maximum absolute atomic E-state index is 4.56. The summed E-state index contributed by atoms with van der Waals surface area (Å²) in [6, 6.07) is 18.4. The fraction of sp³-hybridized carbons (Fsp3) is 0.111. The number of hydrogen-bond donors (Lipinski definition) is 2. The normalized spacial score (nSPS) is 12.4. The van der Waals surface area contributed by atoms with Crippen molar-refractivity contribution in [1.82, 2.24) is 19.7 Å². The van der Waals surface area contributed by atoms with Crippen LogP contribution in [0, 0.1) is 0 Å². The number of fused-ring (bicyclic) bond motifs is 1.